The van der Waals surface area contributed by atoms with Gasteiger partial charge in [-0.3, -0.25) is 10.3 Å². The fourth-order valence-electron chi connectivity index (χ4n) is 3.13. The van der Waals surface area contributed by atoms with Crippen LogP contribution in [0.15, 0.2) is 36.8 Å². The number of rotatable bonds is 8. The predicted octanol–water partition coefficient (Wildman–Crippen LogP) is 2.97. The van der Waals surface area contributed by atoms with Gasteiger partial charge in [-0.2, -0.15) is 0 Å². The van der Waals surface area contributed by atoms with Crippen LogP contribution in [0.4, 0.5) is 18.7 Å². The van der Waals surface area contributed by atoms with Crippen LogP contribution >= 0.6 is 11.3 Å². The molecule has 0 saturated heterocycles. The maximum absolute atomic E-state index is 15.6. The molecule has 1 atom stereocenters. The molecule has 10 nitrogen and oxygen atoms in total. The summed E-state index contributed by atoms with van der Waals surface area (Å²) in [7, 11) is 0. The molecule has 0 radical (unpaired) electrons. The predicted molar refractivity (Wildman–Crippen MR) is 125 cm³/mol. The molecule has 3 heterocycles. The van der Waals surface area contributed by atoms with Gasteiger partial charge in [0.1, 0.15) is 29.7 Å². The summed E-state index contributed by atoms with van der Waals surface area (Å²) in [6.45, 7) is 1.43. The van der Waals surface area contributed by atoms with E-state index in [1.165, 1.54) is 36.8 Å². The van der Waals surface area contributed by atoms with Gasteiger partial charge in [0.05, 0.1) is 11.3 Å². The average molecular weight is 503 g/mol. The quantitative estimate of drug-likeness (QED) is 0.288. The minimum atomic E-state index is -1.10. The summed E-state index contributed by atoms with van der Waals surface area (Å²) in [5, 5.41) is 23.5. The molecule has 13 heteroatoms. The Morgan fingerprint density at radius 3 is 2.69 bits per heavy atom. The van der Waals surface area contributed by atoms with E-state index in [0.717, 1.165) is 11.3 Å². The maximum Gasteiger partial charge on any atom is 0.321 e. The Hall–Kier alpha value is -3.81. The zero-order valence-electron chi connectivity index (χ0n) is 18.3. The van der Waals surface area contributed by atoms with Crippen LogP contribution in [0.5, 0.6) is 6.01 Å². The lowest BCUT2D eigenvalue weighted by Crippen LogP contribution is -2.28. The molecule has 0 fully saturated rings. The number of nitrogens with one attached hydrogen (secondary N) is 2. The van der Waals surface area contributed by atoms with Gasteiger partial charge in [0, 0.05) is 41.8 Å². The van der Waals surface area contributed by atoms with E-state index < -0.39 is 30.4 Å². The summed E-state index contributed by atoms with van der Waals surface area (Å²) in [5.74, 6) is -1.33. The van der Waals surface area contributed by atoms with E-state index in [-0.39, 0.29) is 45.6 Å². The van der Waals surface area contributed by atoms with Crippen LogP contribution in [0.2, 0.25) is 0 Å². The van der Waals surface area contributed by atoms with Crippen LogP contribution in [0.25, 0.3) is 32.6 Å². The highest BCUT2D eigenvalue weighted by atomic mass is 32.1. The fraction of sp³-hybridized carbons (Fsp3) is 0.227. The maximum atomic E-state index is 15.6. The number of urea groups is 1. The summed E-state index contributed by atoms with van der Waals surface area (Å²) in [4.78, 5) is 28.3. The number of amides is 2. The number of carbonyl (C=O) groups is 1. The molecule has 0 aliphatic carbocycles. The van der Waals surface area contributed by atoms with Crippen LogP contribution < -0.4 is 15.4 Å². The SMILES string of the molecule is CCNC(=O)Nc1nc2c(F)c(-c3cnc(OCC(O)CO)nc3)cc(-c3ncccc3F)c2s1. The molecule has 0 aliphatic heterocycles. The molecule has 0 saturated carbocycles. The monoisotopic (exact) mass is 502 g/mol. The zero-order chi connectivity index (χ0) is 24.9. The summed E-state index contributed by atoms with van der Waals surface area (Å²) in [6.07, 6.45) is 2.92. The van der Waals surface area contributed by atoms with Crippen molar-refractivity contribution in [3.8, 4) is 28.4 Å². The number of thiazole rings is 1. The van der Waals surface area contributed by atoms with Crippen molar-refractivity contribution in [2.45, 2.75) is 13.0 Å². The van der Waals surface area contributed by atoms with Gasteiger partial charge in [-0.05, 0) is 25.1 Å². The van der Waals surface area contributed by atoms with E-state index in [1.807, 2.05) is 0 Å². The fourth-order valence-corrected chi connectivity index (χ4v) is 4.10. The first-order chi connectivity index (χ1) is 16.9. The van der Waals surface area contributed by atoms with Crippen LogP contribution in [0.3, 0.4) is 0 Å². The second kappa shape index (κ2) is 10.6. The number of benzene rings is 1. The second-order valence-corrected chi connectivity index (χ2v) is 8.20. The number of fused-ring (bicyclic) bond motifs is 1. The number of pyridine rings is 1. The van der Waals surface area contributed by atoms with Crippen molar-refractivity contribution in [3.63, 3.8) is 0 Å². The number of ether oxygens (including phenoxy) is 1. The largest absolute Gasteiger partial charge is 0.461 e. The molecular formula is C22H20F2N6O4S. The lowest BCUT2D eigenvalue weighted by molar-refractivity contribution is 0.0504. The summed E-state index contributed by atoms with van der Waals surface area (Å²) in [5.41, 5.74) is 0.483. The Kier molecular flexibility index (Phi) is 7.39. The molecule has 1 unspecified atom stereocenters. The first-order valence-electron chi connectivity index (χ1n) is 10.4. The molecule has 1 aromatic carbocycles. The van der Waals surface area contributed by atoms with Crippen LogP contribution in [-0.4, -0.2) is 62.0 Å². The van der Waals surface area contributed by atoms with E-state index in [2.05, 4.69) is 30.6 Å². The number of aliphatic hydroxyl groups is 2. The number of aliphatic hydroxyl groups excluding tert-OH is 2. The normalized spacial score (nSPS) is 11.9. The van der Waals surface area contributed by atoms with Gasteiger partial charge < -0.3 is 20.3 Å². The second-order valence-electron chi connectivity index (χ2n) is 7.20. The molecule has 2 amide bonds. The lowest BCUT2D eigenvalue weighted by atomic mass is 10.0. The molecule has 0 spiro atoms. The van der Waals surface area contributed by atoms with E-state index in [4.69, 9.17) is 9.84 Å². The molecule has 4 aromatic rings. The van der Waals surface area contributed by atoms with E-state index in [9.17, 15) is 14.3 Å². The number of anilines is 1. The van der Waals surface area contributed by atoms with Crippen molar-refractivity contribution < 1.29 is 28.5 Å². The molecule has 0 bridgehead atoms. The van der Waals surface area contributed by atoms with Gasteiger partial charge in [-0.15, -0.1) is 0 Å². The number of hydrogen-bond donors (Lipinski definition) is 4. The standard InChI is InChI=1S/C22H20F2N6O4S/c1-2-25-20(33)30-22-29-18-16(24)13(11-7-27-21(28-8-11)34-10-12(32)9-31)6-14(19(18)35-22)17-15(23)4-3-5-26-17/h3-8,12,31-32H,2,9-10H2,1H3,(H2,25,29,30,33). The molecule has 0 aliphatic rings. The Balaban J connectivity index is 1.80. The third kappa shape index (κ3) is 5.31. The number of nitrogens with zero attached hydrogens (tertiary/aromatic N) is 4. The van der Waals surface area contributed by atoms with E-state index in [0.29, 0.717) is 11.2 Å². The minimum Gasteiger partial charge on any atom is -0.461 e. The number of aromatic nitrogens is 4. The lowest BCUT2D eigenvalue weighted by Gasteiger charge is -2.10. The van der Waals surface area contributed by atoms with Gasteiger partial charge in [0.15, 0.2) is 10.9 Å². The van der Waals surface area contributed by atoms with Crippen LogP contribution in [-0.2, 0) is 0 Å². The first-order valence-corrected chi connectivity index (χ1v) is 11.3. The van der Waals surface area contributed by atoms with Crippen molar-refractivity contribution >= 4 is 32.7 Å². The van der Waals surface area contributed by atoms with Crippen LogP contribution in [0.1, 0.15) is 6.92 Å². The number of hydrogen-bond acceptors (Lipinski definition) is 9. The number of carbonyl (C=O) groups excluding carboxylic acids is 1. The van der Waals surface area contributed by atoms with Gasteiger partial charge in [0.25, 0.3) is 0 Å². The highest BCUT2D eigenvalue weighted by Crippen LogP contribution is 2.40. The topological polar surface area (TPSA) is 142 Å². The van der Waals surface area contributed by atoms with E-state index in [1.54, 1.807) is 6.92 Å². The van der Waals surface area contributed by atoms with Crippen molar-refractivity contribution in [2.24, 2.45) is 0 Å². The Bertz CT molecular complexity index is 1350. The summed E-state index contributed by atoms with van der Waals surface area (Å²) >= 11 is 0.988. The van der Waals surface area contributed by atoms with Gasteiger partial charge in [-0.1, -0.05) is 11.3 Å². The number of halogens is 2. The first kappa shape index (κ1) is 24.3. The van der Waals surface area contributed by atoms with Gasteiger partial charge in [-0.25, -0.2) is 28.5 Å². The Labute approximate surface area is 201 Å². The third-order valence-corrected chi connectivity index (χ3v) is 5.74. The summed E-state index contributed by atoms with van der Waals surface area (Å²) < 4.78 is 35.7. The summed E-state index contributed by atoms with van der Waals surface area (Å²) in [6, 6.07) is 3.51. The Morgan fingerprint density at radius 1 is 1.23 bits per heavy atom. The van der Waals surface area contributed by atoms with E-state index >= 15 is 4.39 Å². The minimum absolute atomic E-state index is 0.00850. The highest BCUT2D eigenvalue weighted by Gasteiger charge is 2.22. The molecule has 4 N–H and O–H groups in total. The molecule has 4 rings (SSSR count). The van der Waals surface area contributed by atoms with Crippen molar-refractivity contribution in [3.05, 3.63) is 48.4 Å². The third-order valence-electron chi connectivity index (χ3n) is 4.73. The average Bonchev–Trinajstić information content (AvgIpc) is 3.28. The molecule has 35 heavy (non-hydrogen) atoms. The highest BCUT2D eigenvalue weighted by molar-refractivity contribution is 7.22. The van der Waals surface area contributed by atoms with Crippen molar-refractivity contribution in [2.75, 3.05) is 25.1 Å². The van der Waals surface area contributed by atoms with Crippen molar-refractivity contribution in [1.29, 1.82) is 0 Å². The van der Waals surface area contributed by atoms with Gasteiger partial charge in [0.2, 0.25) is 0 Å². The molecule has 182 valence electrons. The molecule has 3 aromatic heterocycles. The smallest absolute Gasteiger partial charge is 0.321 e. The Morgan fingerprint density at radius 2 is 2.00 bits per heavy atom. The van der Waals surface area contributed by atoms with Crippen LogP contribution in [0, 0.1) is 11.6 Å². The van der Waals surface area contributed by atoms with Gasteiger partial charge >= 0.3 is 12.0 Å². The molecular weight excluding hydrogens is 482 g/mol. The van der Waals surface area contributed by atoms with Crippen molar-refractivity contribution in [1.82, 2.24) is 25.3 Å². The zero-order valence-corrected chi connectivity index (χ0v) is 19.1.